The Hall–Kier alpha value is -3.38. The zero-order valence-corrected chi connectivity index (χ0v) is 27.3. The molecule has 3 aromatic carbocycles. The Morgan fingerprint density at radius 2 is 1.61 bits per heavy atom. The van der Waals surface area contributed by atoms with Crippen molar-refractivity contribution in [2.75, 3.05) is 17.1 Å². The molecular weight excluding hydrogens is 659 g/mol. The largest absolute Gasteiger partial charge is 0.416 e. The number of carbonyl (C=O) groups is 2. The second-order valence-electron chi connectivity index (χ2n) is 10.7. The zero-order chi connectivity index (χ0) is 32.5. The van der Waals surface area contributed by atoms with E-state index in [0.717, 1.165) is 44.4 Å². The van der Waals surface area contributed by atoms with Crippen molar-refractivity contribution in [3.05, 3.63) is 100 Å². The van der Waals surface area contributed by atoms with Gasteiger partial charge in [-0.15, -0.1) is 0 Å². The molecular formula is C32H37BrF3N3O4S. The standard InChI is InChI=1S/C32H37BrF3N3O4S/c1-4-23(2)37-31(41)29(20-24-11-6-5-7-12-24)38(22-25-13-8-15-27(33)19-25)30(40)17-10-18-39(44(3,42)43)28-16-9-14-26(21-28)32(34,35)36/h5-9,11-16,19,21,23,29H,4,10,17-18,20,22H2,1-3H3,(H,37,41)/t23-,29-/m1/s1. The molecule has 0 unspecified atom stereocenters. The molecule has 0 aliphatic carbocycles. The van der Waals surface area contributed by atoms with Crippen LogP contribution in [0.2, 0.25) is 0 Å². The van der Waals surface area contributed by atoms with Crippen molar-refractivity contribution in [3.63, 3.8) is 0 Å². The second-order valence-corrected chi connectivity index (χ2v) is 13.5. The van der Waals surface area contributed by atoms with Crippen molar-refractivity contribution in [2.24, 2.45) is 0 Å². The Morgan fingerprint density at radius 3 is 2.23 bits per heavy atom. The van der Waals surface area contributed by atoms with E-state index in [1.807, 2.05) is 68.4 Å². The minimum absolute atomic E-state index is 0.0160. The molecule has 2 atom stereocenters. The van der Waals surface area contributed by atoms with E-state index in [9.17, 15) is 31.2 Å². The zero-order valence-electron chi connectivity index (χ0n) is 24.9. The molecule has 0 aliphatic rings. The van der Waals surface area contributed by atoms with Gasteiger partial charge in [0.05, 0.1) is 17.5 Å². The van der Waals surface area contributed by atoms with E-state index in [1.54, 1.807) is 0 Å². The first kappa shape index (κ1) is 35.1. The molecule has 0 radical (unpaired) electrons. The molecule has 0 saturated heterocycles. The molecule has 12 heteroatoms. The van der Waals surface area contributed by atoms with Crippen molar-refractivity contribution < 1.29 is 31.2 Å². The van der Waals surface area contributed by atoms with Gasteiger partial charge in [-0.25, -0.2) is 8.42 Å². The van der Waals surface area contributed by atoms with Gasteiger partial charge in [-0.2, -0.15) is 13.2 Å². The van der Waals surface area contributed by atoms with Crippen LogP contribution in [0.3, 0.4) is 0 Å². The van der Waals surface area contributed by atoms with Crippen LogP contribution in [0.4, 0.5) is 18.9 Å². The predicted molar refractivity (Wildman–Crippen MR) is 169 cm³/mol. The Labute approximate surface area is 265 Å². The van der Waals surface area contributed by atoms with Crippen molar-refractivity contribution in [3.8, 4) is 0 Å². The first-order chi connectivity index (χ1) is 20.7. The summed E-state index contributed by atoms with van der Waals surface area (Å²) < 4.78 is 66.8. The first-order valence-electron chi connectivity index (χ1n) is 14.2. The normalized spacial score (nSPS) is 13.2. The van der Waals surface area contributed by atoms with Crippen LogP contribution in [0.1, 0.15) is 49.8 Å². The van der Waals surface area contributed by atoms with Crippen LogP contribution in [0, 0.1) is 0 Å². The summed E-state index contributed by atoms with van der Waals surface area (Å²) in [5.41, 5.74) is 0.521. The molecule has 0 saturated carbocycles. The Bertz CT molecular complexity index is 1520. The first-order valence-corrected chi connectivity index (χ1v) is 16.9. The van der Waals surface area contributed by atoms with Crippen LogP contribution in [0.15, 0.2) is 83.3 Å². The quantitative estimate of drug-likeness (QED) is 0.207. The van der Waals surface area contributed by atoms with E-state index in [4.69, 9.17) is 0 Å². The number of benzene rings is 3. The van der Waals surface area contributed by atoms with Gasteiger partial charge >= 0.3 is 6.18 Å². The molecule has 44 heavy (non-hydrogen) atoms. The summed E-state index contributed by atoms with van der Waals surface area (Å²) in [6.45, 7) is 3.72. The highest BCUT2D eigenvalue weighted by molar-refractivity contribution is 9.10. The lowest BCUT2D eigenvalue weighted by Gasteiger charge is -2.33. The van der Waals surface area contributed by atoms with Gasteiger partial charge in [0.25, 0.3) is 0 Å². The minimum atomic E-state index is -4.65. The Kier molecular flexibility index (Phi) is 12.4. The topological polar surface area (TPSA) is 86.8 Å². The van der Waals surface area contributed by atoms with Gasteiger partial charge in [-0.3, -0.25) is 13.9 Å². The maximum absolute atomic E-state index is 13.9. The van der Waals surface area contributed by atoms with Crippen molar-refractivity contribution in [1.82, 2.24) is 10.2 Å². The highest BCUT2D eigenvalue weighted by Gasteiger charge is 2.33. The third-order valence-electron chi connectivity index (χ3n) is 7.13. The predicted octanol–water partition coefficient (Wildman–Crippen LogP) is 6.57. The Morgan fingerprint density at radius 1 is 0.955 bits per heavy atom. The van der Waals surface area contributed by atoms with E-state index in [1.165, 1.54) is 11.0 Å². The molecule has 3 rings (SSSR count). The molecule has 238 valence electrons. The van der Waals surface area contributed by atoms with E-state index < -0.39 is 27.8 Å². The lowest BCUT2D eigenvalue weighted by atomic mass is 10.0. The van der Waals surface area contributed by atoms with Crippen molar-refractivity contribution in [2.45, 2.75) is 64.3 Å². The van der Waals surface area contributed by atoms with Gasteiger partial charge in [-0.05, 0) is 61.2 Å². The van der Waals surface area contributed by atoms with Gasteiger partial charge in [0, 0.05) is 36.4 Å². The van der Waals surface area contributed by atoms with E-state index >= 15 is 0 Å². The van der Waals surface area contributed by atoms with Gasteiger partial charge in [0.15, 0.2) is 0 Å². The fourth-order valence-corrected chi connectivity index (χ4v) is 6.07. The lowest BCUT2D eigenvalue weighted by molar-refractivity contribution is -0.141. The third-order valence-corrected chi connectivity index (χ3v) is 8.82. The molecule has 3 aromatic rings. The van der Waals surface area contributed by atoms with Crippen LogP contribution < -0.4 is 9.62 Å². The maximum atomic E-state index is 13.9. The van der Waals surface area contributed by atoms with Crippen LogP contribution >= 0.6 is 15.9 Å². The highest BCUT2D eigenvalue weighted by Crippen LogP contribution is 2.32. The van der Waals surface area contributed by atoms with E-state index in [2.05, 4.69) is 21.2 Å². The Balaban J connectivity index is 1.91. The number of alkyl halides is 3. The number of nitrogens with zero attached hydrogens (tertiary/aromatic N) is 2. The summed E-state index contributed by atoms with van der Waals surface area (Å²) in [7, 11) is -3.97. The number of hydrogen-bond acceptors (Lipinski definition) is 4. The number of anilines is 1. The number of sulfonamides is 1. The van der Waals surface area contributed by atoms with Crippen LogP contribution in [0.25, 0.3) is 0 Å². The smallest absolute Gasteiger partial charge is 0.352 e. The molecule has 7 nitrogen and oxygen atoms in total. The lowest BCUT2D eigenvalue weighted by Crippen LogP contribution is -2.52. The SMILES string of the molecule is CC[C@@H](C)NC(=O)[C@@H](Cc1ccccc1)N(Cc1cccc(Br)c1)C(=O)CCCN(c1cccc(C(F)(F)F)c1)S(C)(=O)=O. The summed E-state index contributed by atoms with van der Waals surface area (Å²) in [5, 5.41) is 2.99. The molecule has 2 amide bonds. The molecule has 0 fully saturated rings. The van der Waals surface area contributed by atoms with Crippen LogP contribution in [-0.2, 0) is 38.8 Å². The summed E-state index contributed by atoms with van der Waals surface area (Å²) in [6, 6.07) is 19.8. The third kappa shape index (κ3) is 10.4. The van der Waals surface area contributed by atoms with Crippen molar-refractivity contribution in [1.29, 1.82) is 0 Å². The van der Waals surface area contributed by atoms with Crippen LogP contribution in [-0.4, -0.2) is 50.0 Å². The van der Waals surface area contributed by atoms with E-state index in [0.29, 0.717) is 6.42 Å². The average Bonchev–Trinajstić information content (AvgIpc) is 2.96. The number of rotatable bonds is 14. The number of amides is 2. The molecule has 0 spiro atoms. The summed E-state index contributed by atoms with van der Waals surface area (Å²) in [6.07, 6.45) is -2.92. The molecule has 0 aromatic heterocycles. The summed E-state index contributed by atoms with van der Waals surface area (Å²) in [5.74, 6) is -0.698. The number of halogens is 4. The maximum Gasteiger partial charge on any atom is 0.416 e. The number of carbonyl (C=O) groups excluding carboxylic acids is 2. The number of nitrogens with one attached hydrogen (secondary N) is 1. The molecule has 0 aliphatic heterocycles. The van der Waals surface area contributed by atoms with Crippen molar-refractivity contribution >= 4 is 43.5 Å². The molecule has 0 heterocycles. The average molecular weight is 697 g/mol. The number of hydrogen-bond donors (Lipinski definition) is 1. The van der Waals surface area contributed by atoms with Gasteiger partial charge in [0.2, 0.25) is 21.8 Å². The highest BCUT2D eigenvalue weighted by atomic mass is 79.9. The molecule has 0 bridgehead atoms. The summed E-state index contributed by atoms with van der Waals surface area (Å²) >= 11 is 3.45. The fraction of sp³-hybridized carbons (Fsp3) is 0.375. The van der Waals surface area contributed by atoms with Crippen LogP contribution in [0.5, 0.6) is 0 Å². The fourth-order valence-electron chi connectivity index (χ4n) is 4.67. The van der Waals surface area contributed by atoms with Gasteiger partial charge < -0.3 is 10.2 Å². The second kappa shape index (κ2) is 15.6. The molecule has 1 N–H and O–H groups in total. The monoisotopic (exact) mass is 695 g/mol. The van der Waals surface area contributed by atoms with Gasteiger partial charge in [0.1, 0.15) is 6.04 Å². The van der Waals surface area contributed by atoms with Gasteiger partial charge in [-0.1, -0.05) is 71.4 Å². The minimum Gasteiger partial charge on any atom is -0.352 e. The van der Waals surface area contributed by atoms with E-state index in [-0.39, 0.29) is 55.9 Å². The summed E-state index contributed by atoms with van der Waals surface area (Å²) in [4.78, 5) is 29.0.